The molecule has 1 aromatic carbocycles. The summed E-state index contributed by atoms with van der Waals surface area (Å²) < 4.78 is 55.5. The lowest BCUT2D eigenvalue weighted by molar-refractivity contribution is -0.137. The molecular formula is C30H25F4N7O. The number of nitrogens with zero attached hydrogens (tertiary/aromatic N) is 7. The van der Waals surface area contributed by atoms with E-state index in [0.29, 0.717) is 41.1 Å². The summed E-state index contributed by atoms with van der Waals surface area (Å²) in [6.07, 6.45) is -3.78. The number of alkyl halides is 3. The maximum absolute atomic E-state index is 14.4. The largest absolute Gasteiger partial charge is 0.417 e. The zero-order valence-corrected chi connectivity index (χ0v) is 22.9. The predicted molar refractivity (Wildman–Crippen MR) is 147 cm³/mol. The molecule has 8 nitrogen and oxygen atoms in total. The van der Waals surface area contributed by atoms with E-state index in [9.17, 15) is 32.9 Å². The van der Waals surface area contributed by atoms with Crippen LogP contribution in [0.4, 0.5) is 23.2 Å². The van der Waals surface area contributed by atoms with Crippen LogP contribution >= 0.6 is 0 Å². The van der Waals surface area contributed by atoms with Gasteiger partial charge in [0.25, 0.3) is 5.56 Å². The SMILES string of the molecule is C[C@@H]1CN(c2c(C#N)c(=O)n(C)c3ccc(C#N)nc23)[C@@H](C)CN1C(c1cccc(F)c1)c1ccc(C(F)(F)F)cn1. The fraction of sp³-hybridized carbons (Fsp3) is 0.300. The number of halogens is 4. The first kappa shape index (κ1) is 28.7. The van der Waals surface area contributed by atoms with E-state index in [-0.39, 0.29) is 23.3 Å². The molecule has 0 bridgehead atoms. The first-order valence-corrected chi connectivity index (χ1v) is 13.1. The number of hydrogen-bond donors (Lipinski definition) is 0. The molecule has 3 atom stereocenters. The van der Waals surface area contributed by atoms with Gasteiger partial charge in [-0.15, -0.1) is 0 Å². The van der Waals surface area contributed by atoms with Gasteiger partial charge in [0, 0.05) is 38.4 Å². The van der Waals surface area contributed by atoms with Crippen molar-refractivity contribution in [1.82, 2.24) is 19.4 Å². The topological polar surface area (TPSA) is 102 Å². The Morgan fingerprint density at radius 2 is 1.79 bits per heavy atom. The van der Waals surface area contributed by atoms with E-state index in [0.717, 1.165) is 12.3 Å². The highest BCUT2D eigenvalue weighted by Crippen LogP contribution is 2.37. The molecule has 3 aromatic heterocycles. The van der Waals surface area contributed by atoms with Gasteiger partial charge in [0.15, 0.2) is 0 Å². The molecule has 4 heterocycles. The number of hydrogen-bond acceptors (Lipinski definition) is 7. The normalized spacial score (nSPS) is 18.5. The number of nitriles is 2. The first-order chi connectivity index (χ1) is 19.9. The molecular weight excluding hydrogens is 550 g/mol. The van der Waals surface area contributed by atoms with Gasteiger partial charge in [-0.3, -0.25) is 14.7 Å². The van der Waals surface area contributed by atoms with Gasteiger partial charge in [-0.05, 0) is 55.8 Å². The van der Waals surface area contributed by atoms with Crippen molar-refractivity contribution >= 4 is 16.7 Å². The van der Waals surface area contributed by atoms with Crippen LogP contribution in [0.3, 0.4) is 0 Å². The lowest BCUT2D eigenvalue weighted by Crippen LogP contribution is -2.58. The number of piperazine rings is 1. The lowest BCUT2D eigenvalue weighted by Gasteiger charge is -2.48. The molecule has 0 aliphatic carbocycles. The summed E-state index contributed by atoms with van der Waals surface area (Å²) in [7, 11) is 1.54. The average molecular weight is 576 g/mol. The van der Waals surface area contributed by atoms with Crippen molar-refractivity contribution in [2.24, 2.45) is 7.05 Å². The van der Waals surface area contributed by atoms with Crippen LogP contribution in [0, 0.1) is 28.5 Å². The fourth-order valence-corrected chi connectivity index (χ4v) is 5.60. The molecule has 0 radical (unpaired) electrons. The Bertz CT molecular complexity index is 1800. The number of aromatic nitrogens is 3. The second-order valence-electron chi connectivity index (χ2n) is 10.3. The highest BCUT2D eigenvalue weighted by atomic mass is 19.4. The Hall–Kier alpha value is -4.81. The second kappa shape index (κ2) is 10.9. The summed E-state index contributed by atoms with van der Waals surface area (Å²) in [6.45, 7) is 4.41. The van der Waals surface area contributed by atoms with Crippen molar-refractivity contribution in [2.45, 2.75) is 38.1 Å². The van der Waals surface area contributed by atoms with Crippen molar-refractivity contribution in [3.05, 3.63) is 99.0 Å². The Balaban J connectivity index is 1.60. The molecule has 1 aliphatic heterocycles. The van der Waals surface area contributed by atoms with E-state index in [1.165, 1.54) is 41.9 Å². The highest BCUT2D eigenvalue weighted by Gasteiger charge is 2.38. The molecule has 1 unspecified atom stereocenters. The van der Waals surface area contributed by atoms with E-state index in [1.54, 1.807) is 12.1 Å². The van der Waals surface area contributed by atoms with Gasteiger partial charge in [-0.2, -0.15) is 23.7 Å². The van der Waals surface area contributed by atoms with Crippen LogP contribution in [0.2, 0.25) is 0 Å². The fourth-order valence-electron chi connectivity index (χ4n) is 5.60. The summed E-state index contributed by atoms with van der Waals surface area (Å²) in [5.41, 5.74) is 0.595. The number of aryl methyl sites for hydroxylation is 1. The standard InChI is InChI=1S/C30H25F4N7O/c1-17-16-41(28-23(13-36)29(42)39(3)25-10-8-22(12-35)38-26(25)28)18(2)15-40(17)27(19-5-4-6-21(31)11-19)24-9-7-20(14-37-24)30(32,33)34/h4-11,14,17-18,27H,15-16H2,1-3H3/t17-,18+,27?/m1/s1. The molecule has 214 valence electrons. The maximum atomic E-state index is 14.4. The average Bonchev–Trinajstić information content (AvgIpc) is 2.96. The third-order valence-corrected chi connectivity index (χ3v) is 7.65. The van der Waals surface area contributed by atoms with Gasteiger partial charge < -0.3 is 9.47 Å². The summed E-state index contributed by atoms with van der Waals surface area (Å²) >= 11 is 0. The van der Waals surface area contributed by atoms with E-state index in [1.807, 2.05) is 35.8 Å². The highest BCUT2D eigenvalue weighted by molar-refractivity contribution is 5.92. The molecule has 0 N–H and O–H groups in total. The van der Waals surface area contributed by atoms with Crippen LogP contribution in [0.1, 0.15) is 48.0 Å². The van der Waals surface area contributed by atoms with Gasteiger partial charge in [0.05, 0.1) is 28.5 Å². The third-order valence-electron chi connectivity index (χ3n) is 7.65. The van der Waals surface area contributed by atoms with Gasteiger partial charge >= 0.3 is 6.18 Å². The molecule has 5 rings (SSSR count). The Labute approximate surface area is 238 Å². The Kier molecular flexibility index (Phi) is 7.43. The monoisotopic (exact) mass is 575 g/mol. The van der Waals surface area contributed by atoms with E-state index in [4.69, 9.17) is 0 Å². The van der Waals surface area contributed by atoms with Crippen LogP contribution in [-0.2, 0) is 13.2 Å². The molecule has 1 aliphatic rings. The van der Waals surface area contributed by atoms with Crippen LogP contribution in [-0.4, -0.2) is 44.6 Å². The maximum Gasteiger partial charge on any atom is 0.417 e. The molecule has 1 saturated heterocycles. The van der Waals surface area contributed by atoms with Crippen molar-refractivity contribution in [2.75, 3.05) is 18.0 Å². The molecule has 1 fully saturated rings. The predicted octanol–water partition coefficient (Wildman–Crippen LogP) is 4.92. The molecule has 0 spiro atoms. The number of fused-ring (bicyclic) bond motifs is 1. The summed E-state index contributed by atoms with van der Waals surface area (Å²) in [5, 5.41) is 19.5. The summed E-state index contributed by atoms with van der Waals surface area (Å²) in [5.74, 6) is -0.492. The molecule has 4 aromatic rings. The third kappa shape index (κ3) is 5.06. The minimum Gasteiger partial charge on any atom is -0.363 e. The second-order valence-corrected chi connectivity index (χ2v) is 10.3. The van der Waals surface area contributed by atoms with Crippen molar-refractivity contribution in [3.8, 4) is 12.1 Å². The number of rotatable bonds is 4. The van der Waals surface area contributed by atoms with Gasteiger partial charge in [-0.25, -0.2) is 9.37 Å². The van der Waals surface area contributed by atoms with Crippen molar-refractivity contribution in [1.29, 1.82) is 10.5 Å². The Morgan fingerprint density at radius 1 is 1.02 bits per heavy atom. The lowest BCUT2D eigenvalue weighted by atomic mass is 9.95. The van der Waals surface area contributed by atoms with E-state index >= 15 is 0 Å². The minimum atomic E-state index is -4.55. The van der Waals surface area contributed by atoms with E-state index in [2.05, 4.69) is 9.97 Å². The van der Waals surface area contributed by atoms with E-state index < -0.39 is 29.2 Å². The zero-order valence-electron chi connectivity index (χ0n) is 22.9. The van der Waals surface area contributed by atoms with Crippen molar-refractivity contribution < 1.29 is 17.6 Å². The van der Waals surface area contributed by atoms with Gasteiger partial charge in [-0.1, -0.05) is 12.1 Å². The van der Waals surface area contributed by atoms with Crippen LogP contribution in [0.5, 0.6) is 0 Å². The minimum absolute atomic E-state index is 0.105. The van der Waals surface area contributed by atoms with Gasteiger partial charge in [0.2, 0.25) is 0 Å². The first-order valence-electron chi connectivity index (χ1n) is 13.1. The molecule has 0 saturated carbocycles. The van der Waals surface area contributed by atoms with Crippen molar-refractivity contribution in [3.63, 3.8) is 0 Å². The molecule has 0 amide bonds. The summed E-state index contributed by atoms with van der Waals surface area (Å²) in [4.78, 5) is 25.7. The Morgan fingerprint density at radius 3 is 2.40 bits per heavy atom. The zero-order chi connectivity index (χ0) is 30.3. The van der Waals surface area contributed by atoms with Gasteiger partial charge in [0.1, 0.15) is 34.7 Å². The summed E-state index contributed by atoms with van der Waals surface area (Å²) in [6, 6.07) is 14.0. The smallest absolute Gasteiger partial charge is 0.363 e. The van der Waals surface area contributed by atoms with Crippen LogP contribution < -0.4 is 10.5 Å². The number of anilines is 1. The number of pyridine rings is 3. The quantitative estimate of drug-likeness (QED) is 0.319. The number of benzene rings is 1. The van der Waals surface area contributed by atoms with Crippen LogP contribution in [0.25, 0.3) is 11.0 Å². The molecule has 42 heavy (non-hydrogen) atoms. The van der Waals surface area contributed by atoms with Crippen LogP contribution in [0.15, 0.2) is 59.5 Å². The molecule has 12 heteroatoms.